The Morgan fingerprint density at radius 3 is 2.16 bits per heavy atom. The molecule has 2 aliphatic rings. The lowest BCUT2D eigenvalue weighted by Gasteiger charge is -2.41. The van der Waals surface area contributed by atoms with Crippen LogP contribution < -0.4 is 0 Å². The number of carboxylic acid groups (broad SMARTS) is 1. The molecule has 11 heteroatoms. The molecular weight excluding hydrogens is 431 g/mol. The molecule has 3 rings (SSSR count). The molecule has 2 fully saturated rings. The zero-order chi connectivity index (χ0) is 23.7. The molecular formula is C21H28F3N3O5. The third kappa shape index (κ3) is 7.47. The molecule has 2 saturated heterocycles. The second-order valence-corrected chi connectivity index (χ2v) is 7.60. The van der Waals surface area contributed by atoms with Gasteiger partial charge in [-0.2, -0.15) is 13.2 Å². The number of aliphatic carboxylic acids is 1. The standard InChI is InChI=1S/C19H27N3O3.C2HF3O2/c1-2-25-19(24)15-6-11-21(12-7-15)16-8-13-22(14-9-16)18(23)17-5-3-4-10-20-17;3-2(4,5)1(6)7/h3-5,10,15-16H,2,6-9,11-14H2,1H3;(H,6,7). The molecule has 0 bridgehead atoms. The van der Waals surface area contributed by atoms with Crippen LogP contribution in [0.1, 0.15) is 43.1 Å². The molecule has 32 heavy (non-hydrogen) atoms. The Kier molecular flexibility index (Phi) is 9.42. The van der Waals surface area contributed by atoms with E-state index in [0.29, 0.717) is 18.3 Å². The van der Waals surface area contributed by atoms with Crippen LogP contribution in [-0.2, 0) is 14.3 Å². The average Bonchev–Trinajstić information content (AvgIpc) is 2.79. The fourth-order valence-electron chi connectivity index (χ4n) is 3.85. The molecule has 0 saturated carbocycles. The topological polar surface area (TPSA) is 100 Å². The molecule has 1 N–H and O–H groups in total. The summed E-state index contributed by atoms with van der Waals surface area (Å²) >= 11 is 0. The molecule has 2 aliphatic heterocycles. The maximum atomic E-state index is 12.5. The van der Waals surface area contributed by atoms with Crippen molar-refractivity contribution in [2.45, 2.75) is 44.8 Å². The highest BCUT2D eigenvalue weighted by Gasteiger charge is 2.38. The first-order chi connectivity index (χ1) is 15.1. The summed E-state index contributed by atoms with van der Waals surface area (Å²) in [5.41, 5.74) is 0.524. The van der Waals surface area contributed by atoms with E-state index in [2.05, 4.69) is 9.88 Å². The number of hydrogen-bond donors (Lipinski definition) is 1. The fourth-order valence-corrected chi connectivity index (χ4v) is 3.85. The summed E-state index contributed by atoms with van der Waals surface area (Å²) in [5.74, 6) is -2.72. The number of nitrogens with zero attached hydrogens (tertiary/aromatic N) is 3. The molecule has 0 unspecified atom stereocenters. The minimum Gasteiger partial charge on any atom is -0.475 e. The van der Waals surface area contributed by atoms with Gasteiger partial charge in [-0.05, 0) is 57.8 Å². The van der Waals surface area contributed by atoms with Gasteiger partial charge in [0.2, 0.25) is 0 Å². The van der Waals surface area contributed by atoms with Gasteiger partial charge in [0.05, 0.1) is 12.5 Å². The number of hydrogen-bond acceptors (Lipinski definition) is 6. The van der Waals surface area contributed by atoms with Gasteiger partial charge in [-0.1, -0.05) is 6.07 Å². The van der Waals surface area contributed by atoms with Crippen LogP contribution in [0.4, 0.5) is 13.2 Å². The average molecular weight is 459 g/mol. The van der Waals surface area contributed by atoms with Gasteiger partial charge in [-0.25, -0.2) is 4.79 Å². The number of amides is 1. The van der Waals surface area contributed by atoms with Crippen LogP contribution in [0.5, 0.6) is 0 Å². The third-order valence-electron chi connectivity index (χ3n) is 5.54. The largest absolute Gasteiger partial charge is 0.490 e. The fraction of sp³-hybridized carbons (Fsp3) is 0.619. The normalized spacial score (nSPS) is 18.4. The minimum absolute atomic E-state index is 0.0278. The number of ether oxygens (including phenoxy) is 1. The Morgan fingerprint density at radius 2 is 1.69 bits per heavy atom. The highest BCUT2D eigenvalue weighted by molar-refractivity contribution is 5.92. The maximum absolute atomic E-state index is 12.5. The first-order valence-corrected chi connectivity index (χ1v) is 10.5. The number of pyridine rings is 1. The lowest BCUT2D eigenvalue weighted by atomic mass is 9.93. The molecule has 1 amide bonds. The lowest BCUT2D eigenvalue weighted by Crippen LogP contribution is -2.49. The molecule has 8 nitrogen and oxygen atoms in total. The number of carbonyl (C=O) groups is 3. The molecule has 0 aromatic carbocycles. The molecule has 0 atom stereocenters. The summed E-state index contributed by atoms with van der Waals surface area (Å²) in [6.45, 7) is 5.76. The van der Waals surface area contributed by atoms with E-state index in [9.17, 15) is 22.8 Å². The Hall–Kier alpha value is -2.69. The van der Waals surface area contributed by atoms with Crippen LogP contribution in [0, 0.1) is 5.92 Å². The highest BCUT2D eigenvalue weighted by atomic mass is 19.4. The van der Waals surface area contributed by atoms with E-state index in [4.69, 9.17) is 14.6 Å². The van der Waals surface area contributed by atoms with Crippen molar-refractivity contribution >= 4 is 17.8 Å². The van der Waals surface area contributed by atoms with Crippen LogP contribution in [0.25, 0.3) is 0 Å². The number of halogens is 3. The molecule has 0 aliphatic carbocycles. The van der Waals surface area contributed by atoms with Gasteiger partial charge >= 0.3 is 18.1 Å². The zero-order valence-electron chi connectivity index (χ0n) is 17.9. The lowest BCUT2D eigenvalue weighted by molar-refractivity contribution is -0.192. The predicted molar refractivity (Wildman–Crippen MR) is 108 cm³/mol. The predicted octanol–water partition coefficient (Wildman–Crippen LogP) is 2.59. The highest BCUT2D eigenvalue weighted by Crippen LogP contribution is 2.25. The Morgan fingerprint density at radius 1 is 1.09 bits per heavy atom. The summed E-state index contributed by atoms with van der Waals surface area (Å²) in [6.07, 6.45) is 0.316. The van der Waals surface area contributed by atoms with E-state index in [0.717, 1.165) is 51.9 Å². The summed E-state index contributed by atoms with van der Waals surface area (Å²) < 4.78 is 36.9. The van der Waals surface area contributed by atoms with E-state index in [1.165, 1.54) is 0 Å². The Balaban J connectivity index is 0.000000451. The zero-order valence-corrected chi connectivity index (χ0v) is 17.9. The first kappa shape index (κ1) is 25.6. The van der Waals surface area contributed by atoms with Crippen molar-refractivity contribution in [2.24, 2.45) is 5.92 Å². The first-order valence-electron chi connectivity index (χ1n) is 10.5. The number of esters is 1. The second-order valence-electron chi connectivity index (χ2n) is 7.60. The molecule has 1 aromatic heterocycles. The van der Waals surface area contributed by atoms with Gasteiger partial charge in [-0.15, -0.1) is 0 Å². The van der Waals surface area contributed by atoms with Crippen molar-refractivity contribution in [2.75, 3.05) is 32.8 Å². The van der Waals surface area contributed by atoms with E-state index >= 15 is 0 Å². The number of alkyl halides is 3. The van der Waals surface area contributed by atoms with Crippen LogP contribution in [0.3, 0.4) is 0 Å². The number of likely N-dealkylation sites (tertiary alicyclic amines) is 2. The number of rotatable bonds is 4. The van der Waals surface area contributed by atoms with E-state index in [1.807, 2.05) is 24.0 Å². The van der Waals surface area contributed by atoms with Crippen LogP contribution >= 0.6 is 0 Å². The van der Waals surface area contributed by atoms with Crippen LogP contribution in [0.15, 0.2) is 24.4 Å². The van der Waals surface area contributed by atoms with Crippen molar-refractivity contribution in [3.05, 3.63) is 30.1 Å². The van der Waals surface area contributed by atoms with Crippen molar-refractivity contribution in [1.29, 1.82) is 0 Å². The SMILES string of the molecule is CCOC(=O)C1CCN(C2CCN(C(=O)c3ccccn3)CC2)CC1.O=C(O)C(F)(F)F. The third-order valence-corrected chi connectivity index (χ3v) is 5.54. The van der Waals surface area contributed by atoms with E-state index in [-0.39, 0.29) is 17.8 Å². The minimum atomic E-state index is -5.08. The molecule has 178 valence electrons. The van der Waals surface area contributed by atoms with Gasteiger partial charge in [0.1, 0.15) is 5.69 Å². The van der Waals surface area contributed by atoms with Crippen LogP contribution in [0.2, 0.25) is 0 Å². The molecule has 0 spiro atoms. The van der Waals surface area contributed by atoms with Crippen molar-refractivity contribution in [3.8, 4) is 0 Å². The van der Waals surface area contributed by atoms with E-state index in [1.54, 1.807) is 12.3 Å². The number of carboxylic acids is 1. The molecule has 3 heterocycles. The van der Waals surface area contributed by atoms with Gasteiger partial charge in [-0.3, -0.25) is 14.6 Å². The maximum Gasteiger partial charge on any atom is 0.490 e. The van der Waals surface area contributed by atoms with Crippen molar-refractivity contribution in [1.82, 2.24) is 14.8 Å². The van der Waals surface area contributed by atoms with E-state index < -0.39 is 12.1 Å². The quantitative estimate of drug-likeness (QED) is 0.691. The van der Waals surface area contributed by atoms with Crippen LogP contribution in [-0.4, -0.2) is 82.7 Å². The number of carbonyl (C=O) groups excluding carboxylic acids is 2. The van der Waals surface area contributed by atoms with Gasteiger partial charge < -0.3 is 19.6 Å². The summed E-state index contributed by atoms with van der Waals surface area (Å²) in [4.78, 5) is 41.7. The van der Waals surface area contributed by atoms with Gasteiger partial charge in [0.15, 0.2) is 0 Å². The Labute approximate surface area is 184 Å². The van der Waals surface area contributed by atoms with Crippen molar-refractivity contribution < 1.29 is 37.4 Å². The molecule has 1 aromatic rings. The summed E-state index contributed by atoms with van der Waals surface area (Å²) in [5, 5.41) is 7.12. The summed E-state index contributed by atoms with van der Waals surface area (Å²) in [6, 6.07) is 5.95. The van der Waals surface area contributed by atoms with Gasteiger partial charge in [0.25, 0.3) is 5.91 Å². The smallest absolute Gasteiger partial charge is 0.475 e. The van der Waals surface area contributed by atoms with Gasteiger partial charge in [0, 0.05) is 25.3 Å². The second kappa shape index (κ2) is 11.8. The number of piperidine rings is 2. The summed E-state index contributed by atoms with van der Waals surface area (Å²) in [7, 11) is 0. The van der Waals surface area contributed by atoms with Crippen molar-refractivity contribution in [3.63, 3.8) is 0 Å². The molecule has 0 radical (unpaired) electrons. The number of aromatic nitrogens is 1. The monoisotopic (exact) mass is 459 g/mol. The Bertz CT molecular complexity index is 760.